The van der Waals surface area contributed by atoms with Gasteiger partial charge in [0.25, 0.3) is 0 Å². The Labute approximate surface area is 126 Å². The molecule has 1 saturated heterocycles. The number of aromatic nitrogens is 2. The molecule has 4 rings (SSSR count). The van der Waals surface area contributed by atoms with Gasteiger partial charge < -0.3 is 9.47 Å². The van der Waals surface area contributed by atoms with Crippen LogP contribution in [0.5, 0.6) is 0 Å². The fourth-order valence-corrected chi connectivity index (χ4v) is 3.74. The first-order valence-corrected chi connectivity index (χ1v) is 8.53. The number of carbonyl (C=O) groups excluding carboxylic acids is 1. The number of hydrogen-bond donors (Lipinski definition) is 0. The molecule has 2 saturated carbocycles. The van der Waals surface area contributed by atoms with Gasteiger partial charge in [-0.1, -0.05) is 6.42 Å². The molecule has 0 radical (unpaired) electrons. The highest BCUT2D eigenvalue weighted by atomic mass is 16.2. The number of rotatable bonds is 4. The van der Waals surface area contributed by atoms with E-state index in [9.17, 15) is 4.79 Å². The molecule has 0 spiro atoms. The van der Waals surface area contributed by atoms with E-state index in [0.717, 1.165) is 38.9 Å². The van der Waals surface area contributed by atoms with E-state index >= 15 is 0 Å². The monoisotopic (exact) mass is 287 g/mol. The number of nitrogens with zero attached hydrogens (tertiary/aromatic N) is 3. The highest BCUT2D eigenvalue weighted by Crippen LogP contribution is 2.40. The Hall–Kier alpha value is -1.32. The summed E-state index contributed by atoms with van der Waals surface area (Å²) in [4.78, 5) is 19.1. The van der Waals surface area contributed by atoms with Gasteiger partial charge in [-0.3, -0.25) is 4.79 Å². The normalized spacial score (nSPS) is 26.1. The molecule has 114 valence electrons. The molecule has 0 aromatic carbocycles. The van der Waals surface area contributed by atoms with Crippen LogP contribution in [0.1, 0.15) is 56.0 Å². The standard InChI is InChI=1S/C17H25N3O/c1-12-9-18-16(14-5-6-14)20(12)11-13-7-8-19(10-13)17(21)15-3-2-4-15/h9,13-15H,2-8,10-11H2,1H3. The first kappa shape index (κ1) is 13.4. The Kier molecular flexibility index (Phi) is 3.27. The highest BCUT2D eigenvalue weighted by Gasteiger charge is 2.35. The van der Waals surface area contributed by atoms with E-state index in [-0.39, 0.29) is 0 Å². The molecular formula is C17H25N3O. The Bertz CT molecular complexity index is 542. The molecule has 2 heterocycles. The van der Waals surface area contributed by atoms with E-state index in [1.807, 2.05) is 6.20 Å². The minimum atomic E-state index is 0.348. The molecule has 4 heteroatoms. The summed E-state index contributed by atoms with van der Waals surface area (Å²) >= 11 is 0. The van der Waals surface area contributed by atoms with Crippen LogP contribution in [-0.2, 0) is 11.3 Å². The van der Waals surface area contributed by atoms with E-state index in [1.54, 1.807) is 0 Å². The van der Waals surface area contributed by atoms with Gasteiger partial charge in [-0.25, -0.2) is 4.98 Å². The maximum Gasteiger partial charge on any atom is 0.225 e. The third kappa shape index (κ3) is 2.49. The smallest absolute Gasteiger partial charge is 0.225 e. The van der Waals surface area contributed by atoms with Gasteiger partial charge in [0.2, 0.25) is 5.91 Å². The van der Waals surface area contributed by atoms with Crippen molar-refractivity contribution in [1.29, 1.82) is 0 Å². The van der Waals surface area contributed by atoms with Crippen LogP contribution in [0.4, 0.5) is 0 Å². The van der Waals surface area contributed by atoms with Gasteiger partial charge in [-0.15, -0.1) is 0 Å². The molecule has 1 aromatic rings. The predicted octanol–water partition coefficient (Wildman–Crippen LogP) is 2.72. The van der Waals surface area contributed by atoms with Crippen molar-refractivity contribution in [2.45, 2.75) is 57.9 Å². The van der Waals surface area contributed by atoms with Crippen LogP contribution in [0.15, 0.2) is 6.20 Å². The SMILES string of the molecule is Cc1cnc(C2CC2)n1CC1CCN(C(=O)C2CCC2)C1. The fraction of sp³-hybridized carbons (Fsp3) is 0.765. The Morgan fingerprint density at radius 1 is 1.29 bits per heavy atom. The van der Waals surface area contributed by atoms with Gasteiger partial charge in [0.05, 0.1) is 0 Å². The van der Waals surface area contributed by atoms with Crippen LogP contribution in [0.2, 0.25) is 0 Å². The van der Waals surface area contributed by atoms with Gasteiger partial charge in [-0.2, -0.15) is 0 Å². The molecule has 3 aliphatic rings. The Balaban J connectivity index is 1.40. The largest absolute Gasteiger partial charge is 0.342 e. The van der Waals surface area contributed by atoms with Gasteiger partial charge in [0.1, 0.15) is 5.82 Å². The molecule has 1 atom stereocenters. The summed E-state index contributed by atoms with van der Waals surface area (Å²) in [5, 5.41) is 0. The average Bonchev–Trinajstić information content (AvgIpc) is 3.03. The molecule has 0 N–H and O–H groups in total. The first-order chi connectivity index (χ1) is 10.2. The summed E-state index contributed by atoms with van der Waals surface area (Å²) in [7, 11) is 0. The zero-order chi connectivity index (χ0) is 14.4. The zero-order valence-corrected chi connectivity index (χ0v) is 12.9. The van der Waals surface area contributed by atoms with Crippen LogP contribution >= 0.6 is 0 Å². The lowest BCUT2D eigenvalue weighted by molar-refractivity contribution is -0.137. The Morgan fingerprint density at radius 3 is 2.76 bits per heavy atom. The van der Waals surface area contributed by atoms with Gasteiger partial charge in [0, 0.05) is 43.4 Å². The van der Waals surface area contributed by atoms with Crippen molar-refractivity contribution in [2.75, 3.05) is 13.1 Å². The van der Waals surface area contributed by atoms with Crippen molar-refractivity contribution in [3.8, 4) is 0 Å². The van der Waals surface area contributed by atoms with Crippen LogP contribution in [0.3, 0.4) is 0 Å². The lowest BCUT2D eigenvalue weighted by Gasteiger charge is -2.29. The second-order valence-electron chi connectivity index (χ2n) is 7.21. The van der Waals surface area contributed by atoms with Crippen molar-refractivity contribution < 1.29 is 4.79 Å². The van der Waals surface area contributed by atoms with E-state index < -0.39 is 0 Å². The molecule has 3 fully saturated rings. The maximum atomic E-state index is 12.3. The summed E-state index contributed by atoms with van der Waals surface area (Å²) in [6.07, 6.45) is 9.24. The Morgan fingerprint density at radius 2 is 2.10 bits per heavy atom. The molecule has 1 aliphatic heterocycles. The number of imidazole rings is 1. The quantitative estimate of drug-likeness (QED) is 0.854. The third-order valence-corrected chi connectivity index (χ3v) is 5.52. The predicted molar refractivity (Wildman–Crippen MR) is 81.0 cm³/mol. The van der Waals surface area contributed by atoms with Crippen LogP contribution in [-0.4, -0.2) is 33.4 Å². The zero-order valence-electron chi connectivity index (χ0n) is 12.9. The topological polar surface area (TPSA) is 38.1 Å². The highest BCUT2D eigenvalue weighted by molar-refractivity contribution is 5.79. The fourth-order valence-electron chi connectivity index (χ4n) is 3.74. The molecule has 1 unspecified atom stereocenters. The van der Waals surface area contributed by atoms with Crippen LogP contribution in [0.25, 0.3) is 0 Å². The summed E-state index contributed by atoms with van der Waals surface area (Å²) < 4.78 is 2.42. The minimum absolute atomic E-state index is 0.348. The number of hydrogen-bond acceptors (Lipinski definition) is 2. The molecule has 4 nitrogen and oxygen atoms in total. The number of carbonyl (C=O) groups is 1. The molecule has 21 heavy (non-hydrogen) atoms. The van der Waals surface area contributed by atoms with E-state index in [4.69, 9.17) is 0 Å². The summed E-state index contributed by atoms with van der Waals surface area (Å²) in [6, 6.07) is 0. The van der Waals surface area contributed by atoms with E-state index in [2.05, 4.69) is 21.4 Å². The van der Waals surface area contributed by atoms with Crippen LogP contribution < -0.4 is 0 Å². The lowest BCUT2D eigenvalue weighted by atomic mass is 9.84. The van der Waals surface area contributed by atoms with Crippen molar-refractivity contribution in [1.82, 2.24) is 14.5 Å². The molecule has 1 aromatic heterocycles. The molecular weight excluding hydrogens is 262 g/mol. The van der Waals surface area contributed by atoms with Gasteiger partial charge in [0.15, 0.2) is 0 Å². The lowest BCUT2D eigenvalue weighted by Crippen LogP contribution is -2.37. The maximum absolute atomic E-state index is 12.3. The van der Waals surface area contributed by atoms with Crippen molar-refractivity contribution >= 4 is 5.91 Å². The van der Waals surface area contributed by atoms with Gasteiger partial charge >= 0.3 is 0 Å². The average molecular weight is 287 g/mol. The first-order valence-electron chi connectivity index (χ1n) is 8.53. The minimum Gasteiger partial charge on any atom is -0.342 e. The van der Waals surface area contributed by atoms with Gasteiger partial charge in [-0.05, 0) is 44.9 Å². The number of aryl methyl sites for hydroxylation is 1. The molecule has 1 amide bonds. The molecule has 2 aliphatic carbocycles. The number of amides is 1. The summed E-state index contributed by atoms with van der Waals surface area (Å²) in [6.45, 7) is 5.13. The molecule has 0 bridgehead atoms. The summed E-state index contributed by atoms with van der Waals surface area (Å²) in [5.74, 6) is 3.37. The van der Waals surface area contributed by atoms with E-state index in [0.29, 0.717) is 23.7 Å². The van der Waals surface area contributed by atoms with Crippen molar-refractivity contribution in [3.63, 3.8) is 0 Å². The second-order valence-corrected chi connectivity index (χ2v) is 7.21. The number of likely N-dealkylation sites (tertiary alicyclic amines) is 1. The van der Waals surface area contributed by atoms with Crippen LogP contribution in [0, 0.1) is 18.8 Å². The van der Waals surface area contributed by atoms with Crippen molar-refractivity contribution in [2.24, 2.45) is 11.8 Å². The van der Waals surface area contributed by atoms with Crippen molar-refractivity contribution in [3.05, 3.63) is 17.7 Å². The third-order valence-electron chi connectivity index (χ3n) is 5.52. The summed E-state index contributed by atoms with van der Waals surface area (Å²) in [5.41, 5.74) is 1.28. The van der Waals surface area contributed by atoms with E-state index in [1.165, 1.54) is 30.8 Å². The second kappa shape index (κ2) is 5.15.